The Morgan fingerprint density at radius 3 is 2.48 bits per heavy atom. The number of rotatable bonds is 7. The van der Waals surface area contributed by atoms with Crippen molar-refractivity contribution in [2.75, 3.05) is 18.6 Å². The minimum Gasteiger partial charge on any atom is -0.497 e. The Morgan fingerprint density at radius 2 is 1.95 bits per heavy atom. The number of methoxy groups -OCH3 is 1. The zero-order valence-corrected chi connectivity index (χ0v) is 13.0. The van der Waals surface area contributed by atoms with Gasteiger partial charge in [-0.2, -0.15) is 0 Å². The Labute approximate surface area is 125 Å². The predicted molar refractivity (Wildman–Crippen MR) is 81.6 cm³/mol. The Bertz CT molecular complexity index is 499. The number of benzene rings is 1. The van der Waals surface area contributed by atoms with Crippen LogP contribution in [-0.4, -0.2) is 30.6 Å². The van der Waals surface area contributed by atoms with Gasteiger partial charge in [0.05, 0.1) is 13.0 Å². The van der Waals surface area contributed by atoms with E-state index in [-0.39, 0.29) is 18.4 Å². The molecule has 21 heavy (non-hydrogen) atoms. The lowest BCUT2D eigenvalue weighted by Crippen LogP contribution is -2.37. The number of anilines is 1. The molecule has 0 bridgehead atoms. The summed E-state index contributed by atoms with van der Waals surface area (Å²) < 4.78 is 5.16. The van der Waals surface area contributed by atoms with Crippen LogP contribution in [0.15, 0.2) is 24.3 Å². The van der Waals surface area contributed by atoms with Gasteiger partial charge in [-0.3, -0.25) is 9.59 Å². The van der Waals surface area contributed by atoms with Crippen molar-refractivity contribution >= 4 is 17.6 Å². The van der Waals surface area contributed by atoms with E-state index in [0.29, 0.717) is 17.9 Å². The van der Waals surface area contributed by atoms with Crippen LogP contribution in [0.25, 0.3) is 0 Å². The van der Waals surface area contributed by atoms with Crippen molar-refractivity contribution in [3.63, 3.8) is 0 Å². The number of carbonyl (C=O) groups is 2. The molecule has 0 radical (unpaired) electrons. The van der Waals surface area contributed by atoms with E-state index >= 15 is 0 Å². The summed E-state index contributed by atoms with van der Waals surface area (Å²) in [5, 5.41) is 9.08. The summed E-state index contributed by atoms with van der Waals surface area (Å²) in [7, 11) is 1.55. The number of ether oxygens (including phenoxy) is 1. The maximum atomic E-state index is 12.4. The lowest BCUT2D eigenvalue weighted by Gasteiger charge is -2.26. The number of amides is 1. The van der Waals surface area contributed by atoms with Crippen molar-refractivity contribution in [2.45, 2.75) is 27.2 Å². The molecule has 1 N–H and O–H groups in total. The minimum atomic E-state index is -0.916. The highest BCUT2D eigenvalue weighted by Crippen LogP contribution is 2.23. The first kappa shape index (κ1) is 17.0. The normalized spacial score (nSPS) is 12.0. The number of hydrogen-bond acceptors (Lipinski definition) is 3. The number of aliphatic carboxylic acids is 1. The van der Waals surface area contributed by atoms with E-state index in [2.05, 4.69) is 0 Å². The van der Waals surface area contributed by atoms with E-state index in [9.17, 15) is 9.59 Å². The van der Waals surface area contributed by atoms with Crippen molar-refractivity contribution in [3.8, 4) is 5.75 Å². The molecular weight excluding hydrogens is 270 g/mol. The predicted octanol–water partition coefficient (Wildman–Crippen LogP) is 2.80. The molecule has 5 heteroatoms. The molecule has 0 aromatic heterocycles. The summed E-state index contributed by atoms with van der Waals surface area (Å²) in [6.45, 7) is 5.66. The van der Waals surface area contributed by atoms with Gasteiger partial charge in [0, 0.05) is 24.7 Å². The van der Waals surface area contributed by atoms with Crippen molar-refractivity contribution in [1.29, 1.82) is 0 Å². The van der Waals surface area contributed by atoms with E-state index in [1.54, 1.807) is 38.3 Å². The van der Waals surface area contributed by atoms with Crippen molar-refractivity contribution in [1.82, 2.24) is 0 Å². The fourth-order valence-electron chi connectivity index (χ4n) is 1.94. The second-order valence-corrected chi connectivity index (χ2v) is 5.54. The van der Waals surface area contributed by atoms with Crippen LogP contribution in [0.1, 0.15) is 27.2 Å². The summed E-state index contributed by atoms with van der Waals surface area (Å²) in [5.74, 6) is -0.775. The second-order valence-electron chi connectivity index (χ2n) is 5.54. The van der Waals surface area contributed by atoms with Crippen LogP contribution in [0.2, 0.25) is 0 Å². The van der Waals surface area contributed by atoms with Gasteiger partial charge in [-0.05, 0) is 18.1 Å². The largest absolute Gasteiger partial charge is 0.497 e. The number of carbonyl (C=O) groups excluding carboxylic acids is 1. The van der Waals surface area contributed by atoms with E-state index in [1.807, 2.05) is 13.8 Å². The highest BCUT2D eigenvalue weighted by atomic mass is 16.5. The molecule has 0 spiro atoms. The Morgan fingerprint density at radius 1 is 1.29 bits per heavy atom. The molecule has 0 fully saturated rings. The van der Waals surface area contributed by atoms with Crippen LogP contribution in [0, 0.1) is 11.8 Å². The smallest absolute Gasteiger partial charge is 0.308 e. The first-order valence-electron chi connectivity index (χ1n) is 7.02. The molecule has 1 unspecified atom stereocenters. The third kappa shape index (κ3) is 5.10. The molecule has 1 amide bonds. The van der Waals surface area contributed by atoms with Crippen LogP contribution < -0.4 is 9.64 Å². The van der Waals surface area contributed by atoms with Gasteiger partial charge in [0.25, 0.3) is 0 Å². The van der Waals surface area contributed by atoms with Crippen LogP contribution in [0.4, 0.5) is 5.69 Å². The van der Waals surface area contributed by atoms with Gasteiger partial charge in [-0.1, -0.05) is 26.8 Å². The van der Waals surface area contributed by atoms with Gasteiger partial charge in [-0.15, -0.1) is 0 Å². The molecule has 1 aromatic rings. The zero-order valence-electron chi connectivity index (χ0n) is 13.0. The number of nitrogens with zero attached hydrogens (tertiary/aromatic N) is 1. The summed E-state index contributed by atoms with van der Waals surface area (Å²) in [5.41, 5.74) is 0.660. The number of carboxylic acid groups (broad SMARTS) is 1. The average molecular weight is 293 g/mol. The van der Waals surface area contributed by atoms with E-state index in [1.165, 1.54) is 4.90 Å². The van der Waals surface area contributed by atoms with Crippen LogP contribution in [0.3, 0.4) is 0 Å². The molecule has 0 heterocycles. The van der Waals surface area contributed by atoms with Crippen LogP contribution in [0.5, 0.6) is 5.75 Å². The van der Waals surface area contributed by atoms with Crippen molar-refractivity contribution in [2.24, 2.45) is 11.8 Å². The summed E-state index contributed by atoms with van der Waals surface area (Å²) in [6, 6.07) is 7.10. The monoisotopic (exact) mass is 293 g/mol. The van der Waals surface area contributed by atoms with E-state index < -0.39 is 11.9 Å². The minimum absolute atomic E-state index is 0.0775. The Balaban J connectivity index is 3.04. The van der Waals surface area contributed by atoms with Crippen LogP contribution >= 0.6 is 0 Å². The van der Waals surface area contributed by atoms with Gasteiger partial charge in [0.15, 0.2) is 0 Å². The third-order valence-corrected chi connectivity index (χ3v) is 3.13. The molecule has 1 rings (SSSR count). The molecule has 0 aliphatic carbocycles. The lowest BCUT2D eigenvalue weighted by atomic mass is 10.1. The molecule has 116 valence electrons. The fourth-order valence-corrected chi connectivity index (χ4v) is 1.94. The maximum absolute atomic E-state index is 12.4. The van der Waals surface area contributed by atoms with E-state index in [0.717, 1.165) is 0 Å². The molecular formula is C16H23NO4. The fraction of sp³-hybridized carbons (Fsp3) is 0.500. The van der Waals surface area contributed by atoms with Gasteiger partial charge < -0.3 is 14.7 Å². The zero-order chi connectivity index (χ0) is 16.0. The lowest BCUT2D eigenvalue weighted by molar-refractivity contribution is -0.140. The first-order chi connectivity index (χ1) is 9.85. The summed E-state index contributed by atoms with van der Waals surface area (Å²) in [4.78, 5) is 25.0. The van der Waals surface area contributed by atoms with Crippen molar-refractivity contribution in [3.05, 3.63) is 24.3 Å². The maximum Gasteiger partial charge on any atom is 0.308 e. The first-order valence-corrected chi connectivity index (χ1v) is 7.02. The topological polar surface area (TPSA) is 66.8 Å². The summed E-state index contributed by atoms with van der Waals surface area (Å²) >= 11 is 0. The van der Waals surface area contributed by atoms with E-state index in [4.69, 9.17) is 9.84 Å². The van der Waals surface area contributed by atoms with Gasteiger partial charge in [0.2, 0.25) is 5.91 Å². The highest BCUT2D eigenvalue weighted by molar-refractivity contribution is 5.94. The standard InChI is InChI=1S/C16H23NO4/c1-11(2)8-15(18)17(10-12(3)16(19)20)13-6-5-7-14(9-13)21-4/h5-7,9,11-12H,8,10H2,1-4H3,(H,19,20). The summed E-state index contributed by atoms with van der Waals surface area (Å²) in [6.07, 6.45) is 0.379. The molecule has 1 atom stereocenters. The van der Waals surface area contributed by atoms with Gasteiger partial charge in [-0.25, -0.2) is 0 Å². The number of carboxylic acids is 1. The quantitative estimate of drug-likeness (QED) is 0.839. The van der Waals surface area contributed by atoms with Crippen LogP contribution in [-0.2, 0) is 9.59 Å². The number of hydrogen-bond donors (Lipinski definition) is 1. The molecule has 0 aliphatic rings. The van der Waals surface area contributed by atoms with Gasteiger partial charge >= 0.3 is 5.97 Å². The Kier molecular flexibility index (Phi) is 6.21. The average Bonchev–Trinajstić information content (AvgIpc) is 2.43. The second kappa shape index (κ2) is 7.67. The Hall–Kier alpha value is -2.04. The molecule has 0 aliphatic heterocycles. The van der Waals surface area contributed by atoms with Crippen molar-refractivity contribution < 1.29 is 19.4 Å². The molecule has 0 saturated carbocycles. The van der Waals surface area contributed by atoms with Gasteiger partial charge in [0.1, 0.15) is 5.75 Å². The molecule has 5 nitrogen and oxygen atoms in total. The third-order valence-electron chi connectivity index (χ3n) is 3.13. The molecule has 1 aromatic carbocycles. The SMILES string of the molecule is COc1cccc(N(CC(C)C(=O)O)C(=O)CC(C)C)c1. The molecule has 0 saturated heterocycles. The highest BCUT2D eigenvalue weighted by Gasteiger charge is 2.22.